The SMILES string of the molecule is CC(C)c1cc(C[n+]2cc[nH]c2)cc(C[n+]2cc[nH]c2)c1. The summed E-state index contributed by atoms with van der Waals surface area (Å²) in [6, 6.07) is 6.93. The molecule has 4 nitrogen and oxygen atoms in total. The zero-order valence-corrected chi connectivity index (χ0v) is 12.6. The molecular formula is C17H22N4+2. The van der Waals surface area contributed by atoms with E-state index in [0.717, 1.165) is 13.1 Å². The number of rotatable bonds is 5. The third-order valence-corrected chi connectivity index (χ3v) is 3.68. The van der Waals surface area contributed by atoms with E-state index in [0.29, 0.717) is 5.92 Å². The molecule has 0 amide bonds. The number of nitrogens with one attached hydrogen (secondary N) is 2. The maximum absolute atomic E-state index is 3.09. The second-order valence-electron chi connectivity index (χ2n) is 5.81. The molecule has 0 spiro atoms. The summed E-state index contributed by atoms with van der Waals surface area (Å²) < 4.78 is 4.32. The van der Waals surface area contributed by atoms with E-state index in [1.54, 1.807) is 0 Å². The highest BCUT2D eigenvalue weighted by atomic mass is 15.0. The Morgan fingerprint density at radius 2 is 1.38 bits per heavy atom. The van der Waals surface area contributed by atoms with Crippen molar-refractivity contribution in [2.45, 2.75) is 32.9 Å². The van der Waals surface area contributed by atoms with E-state index < -0.39 is 0 Å². The first kappa shape index (κ1) is 13.6. The summed E-state index contributed by atoms with van der Waals surface area (Å²) in [7, 11) is 0. The molecule has 0 fully saturated rings. The molecular weight excluding hydrogens is 260 g/mol. The molecule has 3 rings (SSSR count). The van der Waals surface area contributed by atoms with E-state index in [-0.39, 0.29) is 0 Å². The molecule has 0 bridgehead atoms. The fourth-order valence-electron chi connectivity index (χ4n) is 2.57. The molecule has 0 aliphatic rings. The van der Waals surface area contributed by atoms with E-state index >= 15 is 0 Å². The Kier molecular flexibility index (Phi) is 3.86. The number of imidazole rings is 2. The van der Waals surface area contributed by atoms with E-state index in [1.165, 1.54) is 16.7 Å². The standard InChI is InChI=1S/C17H20N4/c1-14(2)17-8-15(10-20-5-3-18-12-20)7-16(9-17)11-21-6-4-19-13-21/h3-9,12-14H,10-11H2,1-2H3/p+2. The van der Waals surface area contributed by atoms with Gasteiger partial charge in [-0.1, -0.05) is 26.0 Å². The molecule has 4 heteroatoms. The number of nitrogens with zero attached hydrogens (tertiary/aromatic N) is 2. The highest BCUT2D eigenvalue weighted by Gasteiger charge is 2.09. The van der Waals surface area contributed by atoms with Crippen molar-refractivity contribution >= 4 is 0 Å². The van der Waals surface area contributed by atoms with Gasteiger partial charge in [-0.25, -0.2) is 9.13 Å². The van der Waals surface area contributed by atoms with Crippen molar-refractivity contribution < 1.29 is 9.13 Å². The fourth-order valence-corrected chi connectivity index (χ4v) is 2.57. The lowest BCUT2D eigenvalue weighted by atomic mass is 9.97. The Bertz CT molecular complexity index is 627. The van der Waals surface area contributed by atoms with E-state index in [2.05, 4.69) is 63.5 Å². The summed E-state index contributed by atoms with van der Waals surface area (Å²) in [5.41, 5.74) is 4.09. The van der Waals surface area contributed by atoms with Gasteiger partial charge in [0.1, 0.15) is 37.9 Å². The van der Waals surface area contributed by atoms with Gasteiger partial charge in [0.2, 0.25) is 12.7 Å². The van der Waals surface area contributed by atoms with Crippen LogP contribution in [0.5, 0.6) is 0 Å². The van der Waals surface area contributed by atoms with Crippen LogP contribution in [0.4, 0.5) is 0 Å². The first-order chi connectivity index (χ1) is 10.2. The zero-order valence-electron chi connectivity index (χ0n) is 12.6. The van der Waals surface area contributed by atoms with Crippen LogP contribution in [0.3, 0.4) is 0 Å². The first-order valence-electron chi connectivity index (χ1n) is 7.37. The lowest BCUT2D eigenvalue weighted by Gasteiger charge is -2.10. The molecule has 0 aliphatic heterocycles. The lowest BCUT2D eigenvalue weighted by molar-refractivity contribution is -0.688. The van der Waals surface area contributed by atoms with Crippen LogP contribution < -0.4 is 9.13 Å². The zero-order chi connectivity index (χ0) is 14.7. The molecule has 1 aromatic carbocycles. The summed E-state index contributed by atoms with van der Waals surface area (Å²) >= 11 is 0. The Morgan fingerprint density at radius 3 is 1.76 bits per heavy atom. The normalized spacial score (nSPS) is 11.2. The van der Waals surface area contributed by atoms with E-state index in [9.17, 15) is 0 Å². The van der Waals surface area contributed by atoms with Crippen molar-refractivity contribution in [1.29, 1.82) is 0 Å². The van der Waals surface area contributed by atoms with Crippen molar-refractivity contribution in [2.75, 3.05) is 0 Å². The van der Waals surface area contributed by atoms with Gasteiger partial charge in [-0.3, -0.25) is 9.97 Å². The number of benzene rings is 1. The summed E-state index contributed by atoms with van der Waals surface area (Å²) in [6.45, 7) is 6.29. The highest BCUT2D eigenvalue weighted by molar-refractivity contribution is 5.31. The smallest absolute Gasteiger partial charge is 0.241 e. The van der Waals surface area contributed by atoms with Gasteiger partial charge >= 0.3 is 0 Å². The van der Waals surface area contributed by atoms with E-state index in [4.69, 9.17) is 0 Å². The minimum atomic E-state index is 0.538. The van der Waals surface area contributed by atoms with E-state index in [1.807, 2.05) is 25.0 Å². The molecule has 0 radical (unpaired) electrons. The summed E-state index contributed by atoms with van der Waals surface area (Å²) in [6.07, 6.45) is 12.0. The van der Waals surface area contributed by atoms with Gasteiger partial charge < -0.3 is 0 Å². The van der Waals surface area contributed by atoms with Gasteiger partial charge in [0.05, 0.1) is 0 Å². The van der Waals surface area contributed by atoms with Crippen molar-refractivity contribution in [1.82, 2.24) is 9.97 Å². The molecule has 0 saturated heterocycles. The number of hydrogen-bond acceptors (Lipinski definition) is 0. The monoisotopic (exact) mass is 282 g/mol. The third-order valence-electron chi connectivity index (χ3n) is 3.68. The number of aromatic nitrogens is 4. The molecule has 0 atom stereocenters. The molecule has 108 valence electrons. The second-order valence-corrected chi connectivity index (χ2v) is 5.81. The Hall–Kier alpha value is -2.36. The van der Waals surface area contributed by atoms with Crippen LogP contribution in [0.15, 0.2) is 55.6 Å². The molecule has 2 N–H and O–H groups in total. The predicted octanol–water partition coefficient (Wildman–Crippen LogP) is 2.14. The van der Waals surface area contributed by atoms with Crippen molar-refractivity contribution in [3.8, 4) is 0 Å². The van der Waals surface area contributed by atoms with Crippen LogP contribution in [0.25, 0.3) is 0 Å². The van der Waals surface area contributed by atoms with Crippen LogP contribution >= 0.6 is 0 Å². The van der Waals surface area contributed by atoms with Gasteiger partial charge in [-0.2, -0.15) is 0 Å². The largest absolute Gasteiger partial charge is 0.250 e. The molecule has 3 aromatic rings. The predicted molar refractivity (Wildman–Crippen MR) is 80.7 cm³/mol. The Balaban J connectivity index is 1.90. The maximum Gasteiger partial charge on any atom is 0.241 e. The second kappa shape index (κ2) is 5.95. The first-order valence-corrected chi connectivity index (χ1v) is 7.37. The molecule has 2 aromatic heterocycles. The number of aromatic amines is 2. The summed E-state index contributed by atoms with van der Waals surface area (Å²) in [5, 5.41) is 0. The van der Waals surface area contributed by atoms with Crippen LogP contribution in [0.2, 0.25) is 0 Å². The third kappa shape index (κ3) is 3.40. The average molecular weight is 282 g/mol. The van der Waals surface area contributed by atoms with Crippen LogP contribution in [-0.4, -0.2) is 9.97 Å². The minimum absolute atomic E-state index is 0.538. The van der Waals surface area contributed by atoms with Gasteiger partial charge in [0.25, 0.3) is 0 Å². The maximum atomic E-state index is 3.09. The van der Waals surface area contributed by atoms with Crippen LogP contribution in [0.1, 0.15) is 36.5 Å². The summed E-state index contributed by atoms with van der Waals surface area (Å²) in [4.78, 5) is 6.19. The summed E-state index contributed by atoms with van der Waals surface area (Å²) in [5.74, 6) is 0.538. The van der Waals surface area contributed by atoms with Crippen LogP contribution in [0, 0.1) is 0 Å². The molecule has 0 saturated carbocycles. The molecule has 0 aliphatic carbocycles. The van der Waals surface area contributed by atoms with Gasteiger partial charge in [0.15, 0.2) is 0 Å². The molecule has 0 unspecified atom stereocenters. The van der Waals surface area contributed by atoms with Crippen molar-refractivity contribution in [3.05, 3.63) is 72.3 Å². The van der Waals surface area contributed by atoms with Crippen molar-refractivity contribution in [2.24, 2.45) is 0 Å². The Morgan fingerprint density at radius 1 is 0.857 bits per heavy atom. The van der Waals surface area contributed by atoms with Gasteiger partial charge in [0, 0.05) is 0 Å². The number of hydrogen-bond donors (Lipinski definition) is 2. The average Bonchev–Trinajstić information content (AvgIpc) is 3.12. The van der Waals surface area contributed by atoms with Crippen molar-refractivity contribution in [3.63, 3.8) is 0 Å². The molecule has 2 heterocycles. The minimum Gasteiger partial charge on any atom is -0.250 e. The molecule has 21 heavy (non-hydrogen) atoms. The Labute approximate surface area is 125 Å². The lowest BCUT2D eigenvalue weighted by Crippen LogP contribution is -2.32. The fraction of sp³-hybridized carbons (Fsp3) is 0.294. The topological polar surface area (TPSA) is 39.3 Å². The van der Waals surface area contributed by atoms with Gasteiger partial charge in [-0.15, -0.1) is 0 Å². The highest BCUT2D eigenvalue weighted by Crippen LogP contribution is 2.18. The quantitative estimate of drug-likeness (QED) is 0.673. The number of H-pyrrole nitrogens is 2. The van der Waals surface area contributed by atoms with Gasteiger partial charge in [-0.05, 0) is 28.7 Å². The van der Waals surface area contributed by atoms with Crippen LogP contribution in [-0.2, 0) is 13.1 Å².